The number of amides is 2. The van der Waals surface area contributed by atoms with E-state index >= 15 is 0 Å². The van der Waals surface area contributed by atoms with E-state index in [4.69, 9.17) is 0 Å². The zero-order valence-electron chi connectivity index (χ0n) is 19.4. The van der Waals surface area contributed by atoms with Crippen molar-refractivity contribution in [3.63, 3.8) is 0 Å². The first kappa shape index (κ1) is 23.0. The Morgan fingerprint density at radius 1 is 0.857 bits per heavy atom. The fourth-order valence-corrected chi connectivity index (χ4v) is 5.09. The van der Waals surface area contributed by atoms with E-state index in [1.165, 1.54) is 27.9 Å². The lowest BCUT2D eigenvalue weighted by molar-refractivity contribution is 0.205. The minimum absolute atomic E-state index is 0. The van der Waals surface area contributed by atoms with Gasteiger partial charge in [0.25, 0.3) is 0 Å². The molecule has 0 spiro atoms. The molecule has 178 valence electrons. The van der Waals surface area contributed by atoms with Crippen molar-refractivity contribution < 1.29 is 4.79 Å². The summed E-state index contributed by atoms with van der Waals surface area (Å²) in [7, 11) is 0. The Morgan fingerprint density at radius 3 is 2.51 bits per heavy atom. The topological polar surface area (TPSA) is 55.5 Å². The van der Waals surface area contributed by atoms with Crippen molar-refractivity contribution >= 4 is 29.8 Å². The molecule has 7 heteroatoms. The van der Waals surface area contributed by atoms with Gasteiger partial charge in [0.2, 0.25) is 0 Å². The van der Waals surface area contributed by atoms with Crippen molar-refractivity contribution in [2.75, 3.05) is 29.4 Å². The predicted octanol–water partition coefficient (Wildman–Crippen LogP) is 5.50. The van der Waals surface area contributed by atoms with Gasteiger partial charge >= 0.3 is 6.03 Å². The van der Waals surface area contributed by atoms with Crippen LogP contribution in [-0.2, 0) is 19.5 Å². The van der Waals surface area contributed by atoms with Crippen molar-refractivity contribution in [1.29, 1.82) is 0 Å². The second-order valence-electron chi connectivity index (χ2n) is 8.94. The molecule has 0 saturated carbocycles. The molecule has 0 bridgehead atoms. The van der Waals surface area contributed by atoms with Crippen LogP contribution >= 0.6 is 12.4 Å². The summed E-state index contributed by atoms with van der Waals surface area (Å²) in [6.07, 6.45) is 4.50. The third-order valence-electron chi connectivity index (χ3n) is 6.83. The molecule has 0 atom stereocenters. The number of fused-ring (bicyclic) bond motifs is 2. The molecule has 1 N–H and O–H groups in total. The van der Waals surface area contributed by atoms with Gasteiger partial charge in [-0.3, -0.25) is 4.90 Å². The van der Waals surface area contributed by atoms with E-state index in [9.17, 15) is 4.79 Å². The van der Waals surface area contributed by atoms with Gasteiger partial charge in [0.05, 0.1) is 18.6 Å². The zero-order valence-corrected chi connectivity index (χ0v) is 20.2. The fourth-order valence-electron chi connectivity index (χ4n) is 5.09. The van der Waals surface area contributed by atoms with E-state index in [0.717, 1.165) is 37.4 Å². The van der Waals surface area contributed by atoms with Gasteiger partial charge in [-0.2, -0.15) is 0 Å². The summed E-state index contributed by atoms with van der Waals surface area (Å²) in [6.45, 7) is 3.49. The van der Waals surface area contributed by atoms with Crippen LogP contribution in [-0.4, -0.2) is 40.5 Å². The Hall–Kier alpha value is -3.77. The van der Waals surface area contributed by atoms with Crippen molar-refractivity contribution in [2.45, 2.75) is 19.5 Å². The molecule has 0 aliphatic carbocycles. The molecular formula is C28H28ClN5O. The van der Waals surface area contributed by atoms with Crippen molar-refractivity contribution in [1.82, 2.24) is 14.9 Å². The third-order valence-corrected chi connectivity index (χ3v) is 6.83. The number of nitrogens with one attached hydrogen (secondary N) is 1. The Morgan fingerprint density at radius 2 is 1.69 bits per heavy atom. The Bertz CT molecular complexity index is 1310. The molecule has 6 nitrogen and oxygen atoms in total. The van der Waals surface area contributed by atoms with Gasteiger partial charge < -0.3 is 14.8 Å². The number of halogens is 1. The maximum Gasteiger partial charge on any atom is 0.324 e. The van der Waals surface area contributed by atoms with E-state index in [1.807, 2.05) is 34.2 Å². The number of carbonyl (C=O) groups is 1. The fraction of sp³-hybridized carbons (Fsp3) is 0.214. The number of imidazole rings is 1. The highest BCUT2D eigenvalue weighted by Crippen LogP contribution is 2.33. The number of nitrogens with zero attached hydrogens (tertiary/aromatic N) is 4. The predicted molar refractivity (Wildman–Crippen MR) is 142 cm³/mol. The Balaban J connectivity index is 0.00000253. The summed E-state index contributed by atoms with van der Waals surface area (Å²) in [4.78, 5) is 27.4. The molecule has 4 aromatic rings. The molecule has 0 unspecified atom stereocenters. The molecule has 1 aromatic heterocycles. The van der Waals surface area contributed by atoms with Gasteiger partial charge in [0, 0.05) is 43.8 Å². The molecule has 2 amide bonds. The zero-order chi connectivity index (χ0) is 22.9. The lowest BCUT2D eigenvalue weighted by Gasteiger charge is -2.28. The number of hydrogen-bond acceptors (Lipinski definition) is 3. The maximum absolute atomic E-state index is 13.7. The molecule has 0 saturated heterocycles. The molecule has 35 heavy (non-hydrogen) atoms. The lowest BCUT2D eigenvalue weighted by atomic mass is 10.0. The number of aromatic nitrogens is 2. The number of urea groups is 1. The first-order chi connectivity index (χ1) is 16.8. The largest absolute Gasteiger partial charge is 0.364 e. The lowest BCUT2D eigenvalue weighted by Crippen LogP contribution is -2.44. The average molecular weight is 486 g/mol. The van der Waals surface area contributed by atoms with Gasteiger partial charge in [0.1, 0.15) is 0 Å². The summed E-state index contributed by atoms with van der Waals surface area (Å²) < 4.78 is 0. The van der Waals surface area contributed by atoms with Gasteiger partial charge in [-0.15, -0.1) is 12.4 Å². The molecule has 0 radical (unpaired) electrons. The monoisotopic (exact) mass is 485 g/mol. The van der Waals surface area contributed by atoms with Crippen LogP contribution in [0.5, 0.6) is 0 Å². The second kappa shape index (κ2) is 9.84. The molecule has 3 aromatic carbocycles. The SMILES string of the molecule is Cl.O=C(N1CCN(Cc2cnc[nH]2)c2ccc(-c3ccccc3)cc2C1)N1CCc2ccccc21. The van der Waals surface area contributed by atoms with Crippen LogP contribution in [0.3, 0.4) is 0 Å². The van der Waals surface area contributed by atoms with E-state index < -0.39 is 0 Å². The Labute approximate surface area is 211 Å². The van der Waals surface area contributed by atoms with Crippen LogP contribution in [0.1, 0.15) is 16.8 Å². The summed E-state index contributed by atoms with van der Waals surface area (Å²) >= 11 is 0. The van der Waals surface area contributed by atoms with Gasteiger partial charge in [-0.1, -0.05) is 54.6 Å². The highest BCUT2D eigenvalue weighted by Gasteiger charge is 2.31. The number of para-hydroxylation sites is 1. The van der Waals surface area contributed by atoms with Gasteiger partial charge in [0.15, 0.2) is 0 Å². The smallest absolute Gasteiger partial charge is 0.324 e. The number of aromatic amines is 1. The number of benzene rings is 3. The third kappa shape index (κ3) is 4.49. The molecular weight excluding hydrogens is 458 g/mol. The van der Waals surface area contributed by atoms with Gasteiger partial charge in [-0.05, 0) is 46.9 Å². The Kier molecular flexibility index (Phi) is 6.47. The minimum Gasteiger partial charge on any atom is -0.364 e. The second-order valence-corrected chi connectivity index (χ2v) is 8.94. The average Bonchev–Trinajstić information content (AvgIpc) is 3.52. The standard InChI is InChI=1S/C28H27N5O.ClH/c34-28(33-13-12-22-8-4-5-9-27(22)33)32-15-14-31(19-25-17-29-20-30-25)26-11-10-23(16-24(26)18-32)21-6-2-1-3-7-21;/h1-11,16-17,20H,12-15,18-19H2,(H,29,30);1H. The minimum atomic E-state index is 0. The van der Waals surface area contributed by atoms with Crippen molar-refractivity contribution in [2.24, 2.45) is 0 Å². The number of carbonyl (C=O) groups excluding carboxylic acids is 1. The summed E-state index contributed by atoms with van der Waals surface area (Å²) in [6, 6.07) is 25.4. The van der Waals surface area contributed by atoms with Crippen LogP contribution in [0.2, 0.25) is 0 Å². The highest BCUT2D eigenvalue weighted by atomic mass is 35.5. The van der Waals surface area contributed by atoms with Crippen LogP contribution in [0.15, 0.2) is 85.3 Å². The first-order valence-electron chi connectivity index (χ1n) is 11.8. The van der Waals surface area contributed by atoms with E-state index in [-0.39, 0.29) is 18.4 Å². The maximum atomic E-state index is 13.7. The molecule has 3 heterocycles. The highest BCUT2D eigenvalue weighted by molar-refractivity contribution is 5.94. The van der Waals surface area contributed by atoms with E-state index in [0.29, 0.717) is 13.1 Å². The quantitative estimate of drug-likeness (QED) is 0.416. The normalized spacial score (nSPS) is 14.7. The van der Waals surface area contributed by atoms with Gasteiger partial charge in [-0.25, -0.2) is 9.78 Å². The number of anilines is 2. The van der Waals surface area contributed by atoms with Crippen LogP contribution in [0.25, 0.3) is 11.1 Å². The first-order valence-corrected chi connectivity index (χ1v) is 11.8. The summed E-state index contributed by atoms with van der Waals surface area (Å²) in [5, 5.41) is 0. The van der Waals surface area contributed by atoms with Crippen molar-refractivity contribution in [3.05, 3.63) is 102 Å². The molecule has 0 fully saturated rings. The van der Waals surface area contributed by atoms with Crippen LogP contribution in [0, 0.1) is 0 Å². The molecule has 2 aliphatic rings. The summed E-state index contributed by atoms with van der Waals surface area (Å²) in [5.74, 6) is 0. The number of H-pyrrole nitrogens is 1. The molecule has 2 aliphatic heterocycles. The summed E-state index contributed by atoms with van der Waals surface area (Å²) in [5.41, 5.74) is 8.04. The van der Waals surface area contributed by atoms with E-state index in [1.54, 1.807) is 6.33 Å². The van der Waals surface area contributed by atoms with Crippen LogP contribution < -0.4 is 9.80 Å². The number of rotatable bonds is 3. The molecule has 6 rings (SSSR count). The van der Waals surface area contributed by atoms with Crippen molar-refractivity contribution in [3.8, 4) is 11.1 Å². The van der Waals surface area contributed by atoms with E-state index in [2.05, 4.69) is 69.5 Å². The van der Waals surface area contributed by atoms with Crippen LogP contribution in [0.4, 0.5) is 16.2 Å². The number of hydrogen-bond donors (Lipinski definition) is 1.